The quantitative estimate of drug-likeness (QED) is 0.508. The molecule has 0 fully saturated rings. The van der Waals surface area contributed by atoms with Crippen LogP contribution in [0, 0.1) is 0 Å². The van der Waals surface area contributed by atoms with Gasteiger partial charge in [0, 0.05) is 12.3 Å². The number of rotatable bonds is 12. The fraction of sp³-hybridized carbons (Fsp3) is 0.636. The van der Waals surface area contributed by atoms with Crippen molar-refractivity contribution < 1.29 is 23.8 Å². The van der Waals surface area contributed by atoms with Crippen LogP contribution in [0.2, 0.25) is 0 Å². The number of hydrogen-bond acceptors (Lipinski definition) is 5. The minimum atomic E-state index is -0.913. The van der Waals surface area contributed by atoms with Crippen LogP contribution in [0.3, 0.4) is 0 Å². The van der Waals surface area contributed by atoms with Gasteiger partial charge in [-0.3, -0.25) is 4.79 Å². The van der Waals surface area contributed by atoms with Gasteiger partial charge in [-0.15, -0.1) is 0 Å². The van der Waals surface area contributed by atoms with E-state index in [0.29, 0.717) is 24.5 Å². The number of ether oxygens (including phenoxy) is 3. The van der Waals surface area contributed by atoms with Crippen LogP contribution >= 0.6 is 0 Å². The molecule has 0 saturated carbocycles. The number of nitrogens with one attached hydrogen (secondary N) is 1. The normalized spacial score (nSPS) is 13.1. The van der Waals surface area contributed by atoms with Crippen LogP contribution < -0.4 is 10.1 Å². The summed E-state index contributed by atoms with van der Waals surface area (Å²) in [6.45, 7) is 12.2. The second kappa shape index (κ2) is 11.7. The highest BCUT2D eigenvalue weighted by Gasteiger charge is 2.33. The third-order valence-corrected chi connectivity index (χ3v) is 4.21. The summed E-state index contributed by atoms with van der Waals surface area (Å²) in [7, 11) is 0. The molecule has 1 unspecified atom stereocenters. The Morgan fingerprint density at radius 1 is 1.14 bits per heavy atom. The summed E-state index contributed by atoms with van der Waals surface area (Å²) in [5.74, 6) is -0.269. The van der Waals surface area contributed by atoms with Crippen LogP contribution in [0.1, 0.15) is 77.6 Å². The van der Waals surface area contributed by atoms with Gasteiger partial charge in [-0.05, 0) is 58.7 Å². The van der Waals surface area contributed by atoms with Crippen molar-refractivity contribution in [3.05, 3.63) is 23.8 Å². The van der Waals surface area contributed by atoms with Gasteiger partial charge in [0.15, 0.2) is 0 Å². The molecule has 0 saturated heterocycles. The second-order valence-electron chi connectivity index (χ2n) is 7.24. The van der Waals surface area contributed by atoms with E-state index in [9.17, 15) is 9.59 Å². The third-order valence-electron chi connectivity index (χ3n) is 4.21. The number of hydrogen-bond donors (Lipinski definition) is 1. The molecule has 1 atom stereocenters. The predicted octanol–water partition coefficient (Wildman–Crippen LogP) is 4.96. The lowest BCUT2D eigenvalue weighted by atomic mass is 9.97. The van der Waals surface area contributed by atoms with Gasteiger partial charge < -0.3 is 19.5 Å². The monoisotopic (exact) mass is 393 g/mol. The molecular weight excluding hydrogens is 358 g/mol. The van der Waals surface area contributed by atoms with Crippen molar-refractivity contribution in [1.29, 1.82) is 0 Å². The summed E-state index contributed by atoms with van der Waals surface area (Å²) < 4.78 is 16.7. The van der Waals surface area contributed by atoms with Crippen molar-refractivity contribution >= 4 is 17.6 Å². The van der Waals surface area contributed by atoms with E-state index in [1.165, 1.54) is 0 Å². The van der Waals surface area contributed by atoms with Gasteiger partial charge in [-0.25, -0.2) is 4.79 Å². The summed E-state index contributed by atoms with van der Waals surface area (Å²) in [6, 6.07) is 4.99. The standard InChI is InChI=1S/C22H35NO5/c1-7-10-13-22(6,27-14-8-2)21(25)23-17-11-12-19(28-16(4)5)18(15-17)20(24)26-9-3/h11-12,15-16H,7-10,13-14H2,1-6H3,(H,23,25). The molecule has 6 nitrogen and oxygen atoms in total. The molecule has 1 amide bonds. The van der Waals surface area contributed by atoms with Crippen molar-refractivity contribution in [2.75, 3.05) is 18.5 Å². The average Bonchev–Trinajstić information content (AvgIpc) is 2.65. The van der Waals surface area contributed by atoms with E-state index in [0.717, 1.165) is 19.3 Å². The molecule has 0 spiro atoms. The van der Waals surface area contributed by atoms with Gasteiger partial charge in [-0.1, -0.05) is 26.7 Å². The minimum Gasteiger partial charge on any atom is -0.490 e. The highest BCUT2D eigenvalue weighted by Crippen LogP contribution is 2.27. The molecule has 6 heteroatoms. The molecule has 1 N–H and O–H groups in total. The van der Waals surface area contributed by atoms with E-state index in [1.807, 2.05) is 27.7 Å². The Balaban J connectivity index is 3.09. The summed E-state index contributed by atoms with van der Waals surface area (Å²) in [5, 5.41) is 2.89. The van der Waals surface area contributed by atoms with Crippen LogP contribution in [-0.2, 0) is 14.3 Å². The molecular formula is C22H35NO5. The topological polar surface area (TPSA) is 73.9 Å². The van der Waals surface area contributed by atoms with Gasteiger partial charge in [-0.2, -0.15) is 0 Å². The van der Waals surface area contributed by atoms with Gasteiger partial charge in [0.1, 0.15) is 16.9 Å². The highest BCUT2D eigenvalue weighted by molar-refractivity contribution is 5.99. The lowest BCUT2D eigenvalue weighted by molar-refractivity contribution is -0.140. The van der Waals surface area contributed by atoms with Crippen molar-refractivity contribution in [2.24, 2.45) is 0 Å². The molecule has 28 heavy (non-hydrogen) atoms. The summed E-state index contributed by atoms with van der Waals surface area (Å²) in [6.07, 6.45) is 3.25. The Morgan fingerprint density at radius 2 is 1.86 bits per heavy atom. The zero-order chi connectivity index (χ0) is 21.2. The van der Waals surface area contributed by atoms with Gasteiger partial charge in [0.05, 0.1) is 12.7 Å². The third kappa shape index (κ3) is 7.15. The number of amides is 1. The van der Waals surface area contributed by atoms with E-state index < -0.39 is 11.6 Å². The van der Waals surface area contributed by atoms with E-state index in [1.54, 1.807) is 25.1 Å². The first-order valence-electron chi connectivity index (χ1n) is 10.2. The maximum atomic E-state index is 12.9. The molecule has 1 aromatic rings. The van der Waals surface area contributed by atoms with Crippen LogP contribution in [-0.4, -0.2) is 36.8 Å². The lowest BCUT2D eigenvalue weighted by Crippen LogP contribution is -2.43. The number of carbonyl (C=O) groups is 2. The van der Waals surface area contributed by atoms with Crippen molar-refractivity contribution in [3.63, 3.8) is 0 Å². The predicted molar refractivity (Wildman–Crippen MR) is 111 cm³/mol. The second-order valence-corrected chi connectivity index (χ2v) is 7.24. The largest absolute Gasteiger partial charge is 0.490 e. The zero-order valence-electron chi connectivity index (χ0n) is 18.1. The molecule has 0 heterocycles. The van der Waals surface area contributed by atoms with Crippen LogP contribution in [0.25, 0.3) is 0 Å². The number of benzene rings is 1. The first-order chi connectivity index (χ1) is 13.3. The smallest absolute Gasteiger partial charge is 0.341 e. The first kappa shape index (κ1) is 24.0. The minimum absolute atomic E-state index is 0.0894. The molecule has 0 aliphatic heterocycles. The number of unbranched alkanes of at least 4 members (excludes halogenated alkanes) is 1. The molecule has 0 radical (unpaired) electrons. The Labute approximate surface area is 168 Å². The summed E-state index contributed by atoms with van der Waals surface area (Å²) in [4.78, 5) is 25.3. The maximum Gasteiger partial charge on any atom is 0.341 e. The fourth-order valence-electron chi connectivity index (χ4n) is 2.69. The average molecular weight is 394 g/mol. The number of esters is 1. The SMILES string of the molecule is CCCCC(C)(OCCC)C(=O)Nc1ccc(OC(C)C)c(C(=O)OCC)c1. The van der Waals surface area contributed by atoms with E-state index in [-0.39, 0.29) is 24.2 Å². The van der Waals surface area contributed by atoms with E-state index >= 15 is 0 Å². The Hall–Kier alpha value is -2.08. The molecule has 0 bridgehead atoms. The van der Waals surface area contributed by atoms with Crippen LogP contribution in [0.5, 0.6) is 5.75 Å². The van der Waals surface area contributed by atoms with E-state index in [4.69, 9.17) is 14.2 Å². The van der Waals surface area contributed by atoms with Crippen molar-refractivity contribution in [2.45, 2.75) is 78.9 Å². The number of anilines is 1. The van der Waals surface area contributed by atoms with Crippen LogP contribution in [0.15, 0.2) is 18.2 Å². The summed E-state index contributed by atoms with van der Waals surface area (Å²) >= 11 is 0. The summed E-state index contributed by atoms with van der Waals surface area (Å²) in [5.41, 5.74) is -0.117. The van der Waals surface area contributed by atoms with Gasteiger partial charge in [0.2, 0.25) is 0 Å². The molecule has 0 aromatic heterocycles. The first-order valence-corrected chi connectivity index (χ1v) is 10.2. The maximum absolute atomic E-state index is 12.9. The van der Waals surface area contributed by atoms with Crippen molar-refractivity contribution in [3.8, 4) is 5.75 Å². The zero-order valence-corrected chi connectivity index (χ0v) is 18.1. The molecule has 0 aliphatic rings. The van der Waals surface area contributed by atoms with Crippen molar-refractivity contribution in [1.82, 2.24) is 0 Å². The Bertz CT molecular complexity index is 634. The fourth-order valence-corrected chi connectivity index (χ4v) is 2.69. The van der Waals surface area contributed by atoms with Gasteiger partial charge in [0.25, 0.3) is 5.91 Å². The Morgan fingerprint density at radius 3 is 2.43 bits per heavy atom. The van der Waals surface area contributed by atoms with Gasteiger partial charge >= 0.3 is 5.97 Å². The number of carbonyl (C=O) groups excluding carboxylic acids is 2. The lowest BCUT2D eigenvalue weighted by Gasteiger charge is -2.28. The Kier molecular flexibility index (Phi) is 10.0. The van der Waals surface area contributed by atoms with Crippen LogP contribution in [0.4, 0.5) is 5.69 Å². The molecule has 158 valence electrons. The molecule has 1 aromatic carbocycles. The molecule has 1 rings (SSSR count). The molecule has 0 aliphatic carbocycles. The highest BCUT2D eigenvalue weighted by atomic mass is 16.5. The van der Waals surface area contributed by atoms with E-state index in [2.05, 4.69) is 12.2 Å².